The highest BCUT2D eigenvalue weighted by Gasteiger charge is 2.50. The molecule has 5 N–H and O–H groups in total. The van der Waals surface area contributed by atoms with E-state index in [0.717, 1.165) is 79.6 Å². The molecular weight excluding hydrogens is 997 g/mol. The summed E-state index contributed by atoms with van der Waals surface area (Å²) in [5.41, 5.74) is 7.09. The first-order chi connectivity index (χ1) is 36.5. The van der Waals surface area contributed by atoms with Crippen LogP contribution in [0, 0.1) is 11.3 Å². The third-order valence-corrected chi connectivity index (χ3v) is 18.4. The van der Waals surface area contributed by atoms with Crippen molar-refractivity contribution in [2.45, 2.75) is 312 Å². The molecule has 0 bridgehead atoms. The molecule has 0 saturated heterocycles. The second-order valence-electron chi connectivity index (χ2n) is 33.3. The molecular formula is C75H118O6. The number of aromatic hydroxyl groups is 4. The fraction of sp³-hybridized carbons (Fsp3) is 0.667. The number of carbonyl (C=O) groups is 1. The predicted octanol–water partition coefficient (Wildman–Crippen LogP) is 21.2. The number of carboxylic acid groups (broad SMARTS) is 1. The summed E-state index contributed by atoms with van der Waals surface area (Å²) in [6, 6.07) is 17.6. The van der Waals surface area contributed by atoms with Crippen LogP contribution >= 0.6 is 0 Å². The average Bonchev–Trinajstić information content (AvgIpc) is 3.29. The Morgan fingerprint density at radius 3 is 0.617 bits per heavy atom. The molecule has 4 aromatic rings. The number of phenolic OH excluding ortho intramolecular Hbond substituents is 4. The zero-order valence-electron chi connectivity index (χ0n) is 56.8. The van der Waals surface area contributed by atoms with E-state index in [2.05, 4.69) is 242 Å². The van der Waals surface area contributed by atoms with Crippen molar-refractivity contribution < 1.29 is 30.3 Å². The summed E-state index contributed by atoms with van der Waals surface area (Å²) in [6.45, 7) is 60.6. The van der Waals surface area contributed by atoms with Crippen molar-refractivity contribution >= 4 is 5.97 Å². The monoisotopic (exact) mass is 1110 g/mol. The summed E-state index contributed by atoms with van der Waals surface area (Å²) >= 11 is 0. The van der Waals surface area contributed by atoms with Crippen LogP contribution in [0.3, 0.4) is 0 Å². The molecule has 6 nitrogen and oxygen atoms in total. The second-order valence-corrected chi connectivity index (χ2v) is 33.3. The Morgan fingerprint density at radius 2 is 0.481 bits per heavy atom. The quantitative estimate of drug-likeness (QED) is 0.0677. The van der Waals surface area contributed by atoms with Gasteiger partial charge in [-0.1, -0.05) is 242 Å². The zero-order valence-corrected chi connectivity index (χ0v) is 56.8. The van der Waals surface area contributed by atoms with Crippen molar-refractivity contribution in [2.75, 3.05) is 0 Å². The molecule has 0 aliphatic heterocycles. The molecule has 0 aliphatic rings. The zero-order chi connectivity index (χ0) is 62.5. The number of hydrogen-bond acceptors (Lipinski definition) is 5. The third-order valence-electron chi connectivity index (χ3n) is 18.4. The molecule has 0 aromatic heterocycles. The van der Waals surface area contributed by atoms with Gasteiger partial charge in [0, 0.05) is 0 Å². The van der Waals surface area contributed by atoms with Crippen molar-refractivity contribution in [3.63, 3.8) is 0 Å². The Bertz CT molecular complexity index is 2500. The highest BCUT2D eigenvalue weighted by atomic mass is 16.4. The molecule has 454 valence electrons. The van der Waals surface area contributed by atoms with E-state index in [9.17, 15) is 25.5 Å². The fourth-order valence-corrected chi connectivity index (χ4v) is 13.1. The summed E-state index contributed by atoms with van der Waals surface area (Å²) in [5.74, 6) is -0.398. The van der Waals surface area contributed by atoms with Crippen molar-refractivity contribution in [2.24, 2.45) is 11.3 Å². The highest BCUT2D eigenvalue weighted by Crippen LogP contribution is 2.56. The van der Waals surface area contributed by atoms with Gasteiger partial charge in [-0.2, -0.15) is 0 Å². The molecule has 0 saturated carbocycles. The van der Waals surface area contributed by atoms with Crippen LogP contribution in [-0.2, 0) is 48.1 Å². The van der Waals surface area contributed by atoms with Crippen LogP contribution < -0.4 is 0 Å². The van der Waals surface area contributed by atoms with Crippen LogP contribution in [0.4, 0.5) is 0 Å². The Hall–Kier alpha value is -4.45. The lowest BCUT2D eigenvalue weighted by Crippen LogP contribution is -2.43. The molecule has 0 aliphatic carbocycles. The topological polar surface area (TPSA) is 118 Å². The number of rotatable bonds is 18. The SMILES string of the molecule is CCC(CC(CC(CC)c1cc(C(C)(C)C)c(O)c(C(C)(C)C)c1)C(CC(CC)c1cc(C(C)(C)C)c(O)c(C(C)(C)C)c1)(CC(CC)c1cc(C(C)(C)C)c(O)c(C(C)(C)C)c1)C(=O)O)c1cc(C(C)(C)C)c(O)c(C(C)(C)C)c1. The van der Waals surface area contributed by atoms with E-state index < -0.39 is 11.4 Å². The van der Waals surface area contributed by atoms with Crippen LogP contribution in [0.15, 0.2) is 48.5 Å². The summed E-state index contributed by atoms with van der Waals surface area (Å²) in [4.78, 5) is 15.9. The standard InChI is InChI=1S/C75H118O6/c1-29-45(49-35-54(67(5,6)7)62(76)55(36-49)68(8,9)10)33-53(34-46(30-2)50-37-56(69(11,12)13)63(77)57(38-50)70(14,15)16)75(66(80)81,43-47(31-3)51-39-58(71(17,18)19)64(78)59(40-51)72(20,21)22)44-48(32-4)52-41-60(73(23,24)25)65(79)61(42-52)74(26,27)28/h35-42,45-48,53,76-79H,29-34,43-44H2,1-28H3,(H,80,81). The van der Waals surface area contributed by atoms with Crippen molar-refractivity contribution in [1.82, 2.24) is 0 Å². The van der Waals surface area contributed by atoms with E-state index in [0.29, 0.717) is 61.5 Å². The Kier molecular flexibility index (Phi) is 20.7. The fourth-order valence-electron chi connectivity index (χ4n) is 13.1. The van der Waals surface area contributed by atoms with Gasteiger partial charge in [-0.15, -0.1) is 0 Å². The summed E-state index contributed by atoms with van der Waals surface area (Å²) in [7, 11) is 0. The largest absolute Gasteiger partial charge is 0.507 e. The van der Waals surface area contributed by atoms with Crippen LogP contribution in [0.1, 0.15) is 336 Å². The molecule has 81 heavy (non-hydrogen) atoms. The number of hydrogen-bond donors (Lipinski definition) is 5. The minimum absolute atomic E-state index is 0.0633. The number of aliphatic carboxylic acids is 1. The Labute approximate surface area is 495 Å². The second kappa shape index (κ2) is 24.3. The van der Waals surface area contributed by atoms with Gasteiger partial charge in [0.25, 0.3) is 0 Å². The first-order valence-electron chi connectivity index (χ1n) is 31.3. The normalized spacial score (nSPS) is 16.2. The molecule has 0 fully saturated rings. The summed E-state index contributed by atoms with van der Waals surface area (Å²) in [5, 5.41) is 61.6. The molecule has 4 atom stereocenters. The van der Waals surface area contributed by atoms with Crippen LogP contribution in [0.2, 0.25) is 0 Å². The third kappa shape index (κ3) is 15.7. The maximum Gasteiger partial charge on any atom is 0.309 e. The van der Waals surface area contributed by atoms with Crippen LogP contribution in [-0.4, -0.2) is 31.5 Å². The van der Waals surface area contributed by atoms with Gasteiger partial charge in [0.2, 0.25) is 0 Å². The van der Waals surface area contributed by atoms with Gasteiger partial charge in [0.15, 0.2) is 0 Å². The van der Waals surface area contributed by atoms with E-state index in [4.69, 9.17) is 0 Å². The van der Waals surface area contributed by atoms with Crippen molar-refractivity contribution in [1.29, 1.82) is 0 Å². The number of phenols is 4. The predicted molar refractivity (Wildman–Crippen MR) is 346 cm³/mol. The first-order valence-corrected chi connectivity index (χ1v) is 31.3. The van der Waals surface area contributed by atoms with Gasteiger partial charge in [-0.25, -0.2) is 0 Å². The average molecular weight is 1120 g/mol. The lowest BCUT2D eigenvalue weighted by molar-refractivity contribution is -0.156. The first kappa shape index (κ1) is 69.0. The minimum atomic E-state index is -1.32. The van der Waals surface area contributed by atoms with E-state index in [1.807, 2.05) is 0 Å². The van der Waals surface area contributed by atoms with E-state index in [1.165, 1.54) is 0 Å². The molecule has 4 rings (SSSR count). The van der Waals surface area contributed by atoms with Crippen molar-refractivity contribution in [3.8, 4) is 23.0 Å². The van der Waals surface area contributed by atoms with E-state index >= 15 is 4.79 Å². The molecule has 4 aromatic carbocycles. The molecule has 4 unspecified atom stereocenters. The van der Waals surface area contributed by atoms with Crippen LogP contribution in [0.5, 0.6) is 23.0 Å². The maximum atomic E-state index is 15.9. The molecule has 0 amide bonds. The van der Waals surface area contributed by atoms with Gasteiger partial charge >= 0.3 is 5.97 Å². The molecule has 0 spiro atoms. The van der Waals surface area contributed by atoms with Crippen LogP contribution in [0.25, 0.3) is 0 Å². The van der Waals surface area contributed by atoms with Gasteiger partial charge in [0.1, 0.15) is 23.0 Å². The van der Waals surface area contributed by atoms with E-state index in [-0.39, 0.29) is 72.9 Å². The summed E-state index contributed by atoms with van der Waals surface area (Å²) < 4.78 is 0. The maximum absolute atomic E-state index is 15.9. The van der Waals surface area contributed by atoms with E-state index in [1.54, 1.807) is 0 Å². The molecule has 0 heterocycles. The smallest absolute Gasteiger partial charge is 0.309 e. The lowest BCUT2D eigenvalue weighted by Gasteiger charge is -2.45. The van der Waals surface area contributed by atoms with Crippen molar-refractivity contribution in [3.05, 3.63) is 115 Å². The van der Waals surface area contributed by atoms with Gasteiger partial charge in [0.05, 0.1) is 5.41 Å². The number of benzene rings is 4. The Morgan fingerprint density at radius 1 is 0.321 bits per heavy atom. The van der Waals surface area contributed by atoms with Gasteiger partial charge in [-0.05, 0) is 191 Å². The van der Waals surface area contributed by atoms with Gasteiger partial charge in [-0.3, -0.25) is 4.79 Å². The Balaban J connectivity index is 2.35. The van der Waals surface area contributed by atoms with Gasteiger partial charge < -0.3 is 25.5 Å². The highest BCUT2D eigenvalue weighted by molar-refractivity contribution is 5.76. The molecule has 0 radical (unpaired) electrons. The summed E-state index contributed by atoms with van der Waals surface area (Å²) in [6.07, 6.45) is 4.83. The molecule has 6 heteroatoms. The lowest BCUT2D eigenvalue weighted by atomic mass is 9.58. The number of carboxylic acids is 1. The minimum Gasteiger partial charge on any atom is -0.507 e.